The van der Waals surface area contributed by atoms with Crippen LogP contribution in [0.1, 0.15) is 23.1 Å². The van der Waals surface area contributed by atoms with Crippen molar-refractivity contribution in [2.75, 3.05) is 25.6 Å². The van der Waals surface area contributed by atoms with Gasteiger partial charge in [-0.3, -0.25) is 4.79 Å². The molecule has 0 fully saturated rings. The molecule has 9 nitrogen and oxygen atoms in total. The molecular weight excluding hydrogens is 328 g/mol. The Morgan fingerprint density at radius 2 is 1.92 bits per heavy atom. The molecule has 0 amide bonds. The van der Waals surface area contributed by atoms with E-state index in [9.17, 15) is 9.59 Å². The highest BCUT2D eigenvalue weighted by Gasteiger charge is 2.17. The number of carbonyl (C=O) groups is 2. The first-order chi connectivity index (χ1) is 12.0. The molecule has 0 aliphatic heterocycles. The van der Waals surface area contributed by atoms with Gasteiger partial charge >= 0.3 is 11.9 Å². The number of ether oxygens (including phenoxy) is 3. The maximum Gasteiger partial charge on any atom is 0.378 e. The first-order valence-corrected chi connectivity index (χ1v) is 7.57. The molecule has 0 aliphatic carbocycles. The van der Waals surface area contributed by atoms with Crippen LogP contribution >= 0.6 is 0 Å². The van der Waals surface area contributed by atoms with Gasteiger partial charge in [-0.05, 0) is 19.1 Å². The molecule has 1 aromatic carbocycles. The van der Waals surface area contributed by atoms with E-state index in [1.807, 2.05) is 31.2 Å². The quantitative estimate of drug-likeness (QED) is 0.567. The summed E-state index contributed by atoms with van der Waals surface area (Å²) in [4.78, 5) is 26.5. The second kappa shape index (κ2) is 8.78. The van der Waals surface area contributed by atoms with E-state index >= 15 is 0 Å². The third-order valence-electron chi connectivity index (χ3n) is 3.09. The van der Waals surface area contributed by atoms with Crippen LogP contribution in [-0.2, 0) is 25.7 Å². The van der Waals surface area contributed by atoms with Crippen molar-refractivity contribution in [3.05, 3.63) is 35.7 Å². The molecule has 2 aromatic rings. The number of aryl methyl sites for hydroxylation is 1. The number of nitrogens with zero attached hydrogens (tertiary/aromatic N) is 3. The third-order valence-corrected chi connectivity index (χ3v) is 3.09. The Morgan fingerprint density at radius 1 is 1.20 bits per heavy atom. The predicted molar refractivity (Wildman–Crippen MR) is 88.4 cm³/mol. The minimum Gasteiger partial charge on any atom is -0.463 e. The number of hydrogen-bond acceptors (Lipinski definition) is 8. The summed E-state index contributed by atoms with van der Waals surface area (Å²) in [5.41, 5.74) is 1.91. The van der Waals surface area contributed by atoms with Gasteiger partial charge in [0.2, 0.25) is 5.95 Å². The van der Waals surface area contributed by atoms with Gasteiger partial charge in [0.05, 0.1) is 13.7 Å². The van der Waals surface area contributed by atoms with Crippen molar-refractivity contribution in [3.8, 4) is 0 Å². The standard InChI is InChI=1S/C16H20N4O5/c1-11-4-6-13(7-5-11)17-16-18-14(15(22)23-3)19-20(16)10-24-8-9-25-12(2)21/h4-7H,8-10H2,1-3H3,(H,17,18,19). The molecule has 0 bridgehead atoms. The van der Waals surface area contributed by atoms with Crippen LogP contribution in [0.3, 0.4) is 0 Å². The fraction of sp³-hybridized carbons (Fsp3) is 0.375. The van der Waals surface area contributed by atoms with E-state index in [-0.39, 0.29) is 31.7 Å². The number of benzene rings is 1. The zero-order valence-corrected chi connectivity index (χ0v) is 14.3. The number of esters is 2. The lowest BCUT2D eigenvalue weighted by molar-refractivity contribution is -0.142. The molecule has 0 aliphatic rings. The van der Waals surface area contributed by atoms with Crippen LogP contribution in [-0.4, -0.2) is 47.0 Å². The van der Waals surface area contributed by atoms with Crippen molar-refractivity contribution >= 4 is 23.6 Å². The van der Waals surface area contributed by atoms with Crippen molar-refractivity contribution in [3.63, 3.8) is 0 Å². The van der Waals surface area contributed by atoms with Crippen molar-refractivity contribution in [1.29, 1.82) is 0 Å². The summed E-state index contributed by atoms with van der Waals surface area (Å²) in [5, 5.41) is 7.14. The first kappa shape index (κ1) is 18.4. The van der Waals surface area contributed by atoms with Crippen molar-refractivity contribution in [2.24, 2.45) is 0 Å². The molecule has 9 heteroatoms. The smallest absolute Gasteiger partial charge is 0.378 e. The Kier molecular flexibility index (Phi) is 6.47. The number of hydrogen-bond donors (Lipinski definition) is 1. The average molecular weight is 348 g/mol. The van der Waals surface area contributed by atoms with Crippen LogP contribution in [0.25, 0.3) is 0 Å². The van der Waals surface area contributed by atoms with Crippen LogP contribution < -0.4 is 5.32 Å². The van der Waals surface area contributed by atoms with Crippen molar-refractivity contribution in [2.45, 2.75) is 20.6 Å². The molecule has 0 saturated carbocycles. The van der Waals surface area contributed by atoms with Gasteiger partial charge in [0.1, 0.15) is 13.3 Å². The number of carbonyl (C=O) groups excluding carboxylic acids is 2. The summed E-state index contributed by atoms with van der Waals surface area (Å²) in [6.07, 6.45) is 0. The molecule has 134 valence electrons. The summed E-state index contributed by atoms with van der Waals surface area (Å²) < 4.78 is 16.2. The lowest BCUT2D eigenvalue weighted by Gasteiger charge is -2.09. The van der Waals surface area contributed by atoms with E-state index < -0.39 is 5.97 Å². The highest BCUT2D eigenvalue weighted by Crippen LogP contribution is 2.16. The summed E-state index contributed by atoms with van der Waals surface area (Å²) in [6.45, 7) is 3.66. The molecule has 0 unspecified atom stereocenters. The monoisotopic (exact) mass is 348 g/mol. The SMILES string of the molecule is COC(=O)c1nc(Nc2ccc(C)cc2)n(COCCOC(C)=O)n1. The normalized spacial score (nSPS) is 10.4. The molecule has 0 spiro atoms. The minimum absolute atomic E-state index is 0.0272. The molecular formula is C16H20N4O5. The largest absolute Gasteiger partial charge is 0.463 e. The minimum atomic E-state index is -0.648. The Morgan fingerprint density at radius 3 is 2.56 bits per heavy atom. The number of nitrogens with one attached hydrogen (secondary N) is 1. The maximum absolute atomic E-state index is 11.6. The van der Waals surface area contributed by atoms with E-state index in [1.165, 1.54) is 18.7 Å². The van der Waals surface area contributed by atoms with E-state index in [2.05, 4.69) is 20.1 Å². The van der Waals surface area contributed by atoms with Gasteiger partial charge in [0, 0.05) is 12.6 Å². The molecule has 2 rings (SSSR count). The number of anilines is 2. The van der Waals surface area contributed by atoms with Crippen LogP contribution in [0.4, 0.5) is 11.6 Å². The topological polar surface area (TPSA) is 105 Å². The molecule has 0 saturated heterocycles. The van der Waals surface area contributed by atoms with Gasteiger partial charge in [-0.15, -0.1) is 5.10 Å². The second-order valence-electron chi connectivity index (χ2n) is 5.12. The van der Waals surface area contributed by atoms with Crippen LogP contribution in [0.5, 0.6) is 0 Å². The molecule has 25 heavy (non-hydrogen) atoms. The number of rotatable bonds is 8. The van der Waals surface area contributed by atoms with Crippen LogP contribution in [0.15, 0.2) is 24.3 Å². The highest BCUT2D eigenvalue weighted by molar-refractivity contribution is 5.85. The van der Waals surface area contributed by atoms with Gasteiger partial charge in [0.25, 0.3) is 5.82 Å². The van der Waals surface area contributed by atoms with Gasteiger partial charge in [-0.25, -0.2) is 9.48 Å². The van der Waals surface area contributed by atoms with Crippen molar-refractivity contribution < 1.29 is 23.8 Å². The van der Waals surface area contributed by atoms with Gasteiger partial charge in [-0.1, -0.05) is 17.7 Å². The molecule has 0 atom stereocenters. The Labute approximate surface area is 144 Å². The highest BCUT2D eigenvalue weighted by atomic mass is 16.6. The fourth-order valence-corrected chi connectivity index (χ4v) is 1.86. The van der Waals surface area contributed by atoms with Gasteiger partial charge in [0.15, 0.2) is 0 Å². The Hall–Kier alpha value is -2.94. The number of aromatic nitrogens is 3. The molecule has 1 N–H and O–H groups in total. The van der Waals surface area contributed by atoms with Crippen molar-refractivity contribution in [1.82, 2.24) is 14.8 Å². The van der Waals surface area contributed by atoms with E-state index in [1.54, 1.807) is 0 Å². The van der Waals surface area contributed by atoms with Crippen LogP contribution in [0.2, 0.25) is 0 Å². The predicted octanol–water partition coefficient (Wildman–Crippen LogP) is 1.65. The molecule has 1 heterocycles. The third kappa shape index (κ3) is 5.57. The number of methoxy groups -OCH3 is 1. The maximum atomic E-state index is 11.6. The summed E-state index contributed by atoms with van der Waals surface area (Å²) in [5.74, 6) is -0.776. The Bertz CT molecular complexity index is 727. The fourth-order valence-electron chi connectivity index (χ4n) is 1.86. The summed E-state index contributed by atoms with van der Waals surface area (Å²) in [7, 11) is 1.26. The summed E-state index contributed by atoms with van der Waals surface area (Å²) >= 11 is 0. The zero-order chi connectivity index (χ0) is 18.2. The van der Waals surface area contributed by atoms with Gasteiger partial charge in [-0.2, -0.15) is 4.98 Å². The van der Waals surface area contributed by atoms with Gasteiger partial charge < -0.3 is 19.5 Å². The molecule has 1 aromatic heterocycles. The molecule has 0 radical (unpaired) electrons. The van der Waals surface area contributed by atoms with E-state index in [0.717, 1.165) is 11.3 Å². The lowest BCUT2D eigenvalue weighted by Crippen LogP contribution is -2.13. The average Bonchev–Trinajstić information content (AvgIpc) is 2.98. The lowest BCUT2D eigenvalue weighted by atomic mass is 10.2. The second-order valence-corrected chi connectivity index (χ2v) is 5.12. The zero-order valence-electron chi connectivity index (χ0n) is 14.3. The van der Waals surface area contributed by atoms with Crippen LogP contribution in [0, 0.1) is 6.92 Å². The van der Waals surface area contributed by atoms with E-state index in [4.69, 9.17) is 9.47 Å². The van der Waals surface area contributed by atoms with E-state index in [0.29, 0.717) is 5.95 Å². The Balaban J connectivity index is 2.07. The first-order valence-electron chi connectivity index (χ1n) is 7.57. The summed E-state index contributed by atoms with van der Waals surface area (Å²) in [6, 6.07) is 7.65.